The van der Waals surface area contributed by atoms with E-state index in [1.165, 1.54) is 0 Å². The molecule has 0 bridgehead atoms. The number of benzene rings is 2. The Morgan fingerprint density at radius 2 is 1.77 bits per heavy atom. The molecule has 6 nitrogen and oxygen atoms in total. The van der Waals surface area contributed by atoms with Crippen molar-refractivity contribution in [3.63, 3.8) is 0 Å². The van der Waals surface area contributed by atoms with Crippen molar-refractivity contribution in [1.82, 2.24) is 10.2 Å². The number of likely N-dealkylation sites (tertiary alicyclic amines) is 1. The molecule has 0 spiro atoms. The van der Waals surface area contributed by atoms with Gasteiger partial charge < -0.3 is 19.7 Å². The second-order valence-electron chi connectivity index (χ2n) is 8.54. The third-order valence-corrected chi connectivity index (χ3v) is 5.77. The molecule has 1 heterocycles. The first-order valence-corrected chi connectivity index (χ1v) is 10.7. The van der Waals surface area contributed by atoms with Crippen LogP contribution in [0, 0.1) is 18.8 Å². The molecule has 0 saturated carbocycles. The molecular weight excluding hydrogens is 392 g/mol. The molecule has 3 rings (SSSR count). The zero-order chi connectivity index (χ0) is 22.5. The maximum absolute atomic E-state index is 13.2. The molecule has 1 aliphatic heterocycles. The van der Waals surface area contributed by atoms with Crippen LogP contribution in [0.5, 0.6) is 11.5 Å². The summed E-state index contributed by atoms with van der Waals surface area (Å²) < 4.78 is 10.9. The molecule has 1 fully saturated rings. The van der Waals surface area contributed by atoms with Gasteiger partial charge >= 0.3 is 0 Å². The van der Waals surface area contributed by atoms with Crippen LogP contribution < -0.4 is 14.8 Å². The predicted octanol–water partition coefficient (Wildman–Crippen LogP) is 3.64. The fourth-order valence-electron chi connectivity index (χ4n) is 3.99. The van der Waals surface area contributed by atoms with Gasteiger partial charge in [-0.3, -0.25) is 9.59 Å². The smallest absolute Gasteiger partial charge is 0.253 e. The largest absolute Gasteiger partial charge is 0.497 e. The molecule has 2 aromatic rings. The lowest BCUT2D eigenvalue weighted by Gasteiger charge is -2.21. The number of rotatable bonds is 7. The van der Waals surface area contributed by atoms with Gasteiger partial charge in [0.25, 0.3) is 5.91 Å². The summed E-state index contributed by atoms with van der Waals surface area (Å²) in [6.07, 6.45) is 0. The first kappa shape index (κ1) is 22.7. The highest BCUT2D eigenvalue weighted by atomic mass is 16.5. The predicted molar refractivity (Wildman–Crippen MR) is 121 cm³/mol. The molecule has 1 N–H and O–H groups in total. The Bertz CT molecular complexity index is 924. The second kappa shape index (κ2) is 9.86. The van der Waals surface area contributed by atoms with E-state index in [0.717, 1.165) is 11.1 Å². The zero-order valence-corrected chi connectivity index (χ0v) is 19.0. The molecule has 2 unspecified atom stereocenters. The maximum atomic E-state index is 13.2. The fraction of sp³-hybridized carbons (Fsp3) is 0.440. The Labute approximate surface area is 184 Å². The first-order valence-electron chi connectivity index (χ1n) is 10.7. The third kappa shape index (κ3) is 5.19. The lowest BCUT2D eigenvalue weighted by Crippen LogP contribution is -2.37. The SMILES string of the molecule is COc1ccc(C2CN(C(=O)c3ccc(C)cc3)CC2C(=O)NCC(C)C)c(OC)c1. The number of nitrogens with zero attached hydrogens (tertiary/aromatic N) is 1. The molecule has 31 heavy (non-hydrogen) atoms. The fourth-order valence-corrected chi connectivity index (χ4v) is 3.99. The molecule has 1 aliphatic rings. The highest BCUT2D eigenvalue weighted by Crippen LogP contribution is 2.39. The average Bonchev–Trinajstić information content (AvgIpc) is 3.22. The standard InChI is InChI=1S/C25H32N2O4/c1-16(2)13-26-24(28)22-15-27(25(29)18-8-6-17(3)7-9-18)14-21(22)20-11-10-19(30-4)12-23(20)31-5/h6-12,16,21-22H,13-15H2,1-5H3,(H,26,28). The van der Waals surface area contributed by atoms with Crippen molar-refractivity contribution in [3.8, 4) is 11.5 Å². The van der Waals surface area contributed by atoms with Gasteiger partial charge in [-0.1, -0.05) is 37.6 Å². The molecule has 2 aromatic carbocycles. The Hall–Kier alpha value is -3.02. The summed E-state index contributed by atoms with van der Waals surface area (Å²) in [5.41, 5.74) is 2.64. The molecule has 6 heteroatoms. The number of hydrogen-bond acceptors (Lipinski definition) is 4. The Morgan fingerprint density at radius 3 is 2.39 bits per heavy atom. The van der Waals surface area contributed by atoms with E-state index in [0.29, 0.717) is 42.6 Å². The topological polar surface area (TPSA) is 67.9 Å². The Morgan fingerprint density at radius 1 is 1.06 bits per heavy atom. The monoisotopic (exact) mass is 424 g/mol. The van der Waals surface area contributed by atoms with Gasteiger partial charge in [0.15, 0.2) is 0 Å². The summed E-state index contributed by atoms with van der Waals surface area (Å²) in [5.74, 6) is 1.09. The van der Waals surface area contributed by atoms with Crippen molar-refractivity contribution in [1.29, 1.82) is 0 Å². The zero-order valence-electron chi connectivity index (χ0n) is 19.0. The Balaban J connectivity index is 1.91. The van der Waals surface area contributed by atoms with Crippen LogP contribution in [0.15, 0.2) is 42.5 Å². The Kier molecular flexibility index (Phi) is 7.21. The average molecular weight is 425 g/mol. The minimum absolute atomic E-state index is 0.0317. The molecule has 2 atom stereocenters. The van der Waals surface area contributed by atoms with Crippen LogP contribution in [-0.4, -0.2) is 50.6 Å². The number of ether oxygens (including phenoxy) is 2. The quantitative estimate of drug-likeness (QED) is 0.737. The molecular formula is C25H32N2O4. The van der Waals surface area contributed by atoms with Crippen molar-refractivity contribution in [2.45, 2.75) is 26.7 Å². The summed E-state index contributed by atoms with van der Waals surface area (Å²) in [6.45, 7) is 7.54. The van der Waals surface area contributed by atoms with Crippen LogP contribution in [0.4, 0.5) is 0 Å². The number of nitrogens with one attached hydrogen (secondary N) is 1. The van der Waals surface area contributed by atoms with E-state index >= 15 is 0 Å². The summed E-state index contributed by atoms with van der Waals surface area (Å²) in [6, 6.07) is 13.2. The van der Waals surface area contributed by atoms with Gasteiger partial charge in [-0.15, -0.1) is 0 Å². The minimum Gasteiger partial charge on any atom is -0.497 e. The van der Waals surface area contributed by atoms with Crippen molar-refractivity contribution in [2.75, 3.05) is 33.9 Å². The normalized spacial score (nSPS) is 18.2. The van der Waals surface area contributed by atoms with E-state index in [4.69, 9.17) is 9.47 Å². The van der Waals surface area contributed by atoms with Crippen molar-refractivity contribution >= 4 is 11.8 Å². The third-order valence-electron chi connectivity index (χ3n) is 5.77. The number of amides is 2. The van der Waals surface area contributed by atoms with E-state index in [9.17, 15) is 9.59 Å². The van der Waals surface area contributed by atoms with Crippen LogP contribution in [0.25, 0.3) is 0 Å². The van der Waals surface area contributed by atoms with Gasteiger partial charge in [0.1, 0.15) is 11.5 Å². The lowest BCUT2D eigenvalue weighted by atomic mass is 9.87. The van der Waals surface area contributed by atoms with Gasteiger partial charge in [0.05, 0.1) is 20.1 Å². The van der Waals surface area contributed by atoms with Crippen LogP contribution in [0.2, 0.25) is 0 Å². The van der Waals surface area contributed by atoms with E-state index in [1.54, 1.807) is 19.1 Å². The maximum Gasteiger partial charge on any atom is 0.253 e. The number of aryl methyl sites for hydroxylation is 1. The molecule has 1 saturated heterocycles. The van der Waals surface area contributed by atoms with Gasteiger partial charge in [-0.2, -0.15) is 0 Å². The van der Waals surface area contributed by atoms with E-state index in [-0.39, 0.29) is 23.7 Å². The lowest BCUT2D eigenvalue weighted by molar-refractivity contribution is -0.125. The van der Waals surface area contributed by atoms with Crippen LogP contribution in [0.1, 0.15) is 41.3 Å². The summed E-state index contributed by atoms with van der Waals surface area (Å²) >= 11 is 0. The van der Waals surface area contributed by atoms with Gasteiger partial charge in [0, 0.05) is 42.7 Å². The first-order chi connectivity index (χ1) is 14.8. The number of hydrogen-bond donors (Lipinski definition) is 1. The highest BCUT2D eigenvalue weighted by molar-refractivity contribution is 5.95. The van der Waals surface area contributed by atoms with E-state index < -0.39 is 0 Å². The highest BCUT2D eigenvalue weighted by Gasteiger charge is 2.41. The van der Waals surface area contributed by atoms with Crippen molar-refractivity contribution < 1.29 is 19.1 Å². The van der Waals surface area contributed by atoms with Crippen molar-refractivity contribution in [3.05, 3.63) is 59.2 Å². The molecule has 166 valence electrons. The van der Waals surface area contributed by atoms with Crippen molar-refractivity contribution in [2.24, 2.45) is 11.8 Å². The van der Waals surface area contributed by atoms with Gasteiger partial charge in [-0.05, 0) is 31.0 Å². The molecule has 0 aromatic heterocycles. The van der Waals surface area contributed by atoms with E-state index in [1.807, 2.05) is 49.4 Å². The minimum atomic E-state index is -0.351. The second-order valence-corrected chi connectivity index (χ2v) is 8.54. The molecule has 2 amide bonds. The summed E-state index contributed by atoms with van der Waals surface area (Å²) in [4.78, 5) is 28.0. The van der Waals surface area contributed by atoms with Crippen LogP contribution in [-0.2, 0) is 4.79 Å². The number of methoxy groups -OCH3 is 2. The summed E-state index contributed by atoms with van der Waals surface area (Å²) in [7, 11) is 3.21. The van der Waals surface area contributed by atoms with E-state index in [2.05, 4.69) is 19.2 Å². The van der Waals surface area contributed by atoms with Crippen LogP contribution >= 0.6 is 0 Å². The summed E-state index contributed by atoms with van der Waals surface area (Å²) in [5, 5.41) is 3.05. The molecule has 0 aliphatic carbocycles. The number of carbonyl (C=O) groups is 2. The van der Waals surface area contributed by atoms with Crippen LogP contribution in [0.3, 0.4) is 0 Å². The number of carbonyl (C=O) groups excluding carboxylic acids is 2. The molecule has 0 radical (unpaired) electrons. The van der Waals surface area contributed by atoms with Gasteiger partial charge in [0.2, 0.25) is 5.91 Å². The van der Waals surface area contributed by atoms with Gasteiger partial charge in [-0.25, -0.2) is 0 Å².